The number of hydrogen-bond acceptors (Lipinski definition) is 5. The largest absolute Gasteiger partial charge is 0.454 e. The number of nitrogens with one attached hydrogen (secondary N) is 2. The first-order valence-corrected chi connectivity index (χ1v) is 6.31. The molecule has 0 aliphatic carbocycles. The van der Waals surface area contributed by atoms with Crippen LogP contribution in [0.3, 0.4) is 0 Å². The van der Waals surface area contributed by atoms with Crippen LogP contribution in [0.25, 0.3) is 0 Å². The lowest BCUT2D eigenvalue weighted by Crippen LogP contribution is -2.51. The van der Waals surface area contributed by atoms with E-state index >= 15 is 0 Å². The van der Waals surface area contributed by atoms with Gasteiger partial charge in [0.05, 0.1) is 13.2 Å². The third-order valence-electron chi connectivity index (χ3n) is 3.17. The highest BCUT2D eigenvalue weighted by molar-refractivity contribution is 5.85. The number of amides is 1. The summed E-state index contributed by atoms with van der Waals surface area (Å²) in [7, 11) is 0. The van der Waals surface area contributed by atoms with Crippen molar-refractivity contribution in [1.29, 1.82) is 0 Å². The molecule has 6 nitrogen and oxygen atoms in total. The smallest absolute Gasteiger partial charge is 0.239 e. The third-order valence-corrected chi connectivity index (χ3v) is 3.17. The predicted octanol–water partition coefficient (Wildman–Crippen LogP) is 0.442. The van der Waals surface area contributed by atoms with E-state index in [0.717, 1.165) is 17.1 Å². The van der Waals surface area contributed by atoms with Gasteiger partial charge in [-0.25, -0.2) is 0 Å². The molecule has 1 aromatic carbocycles. The zero-order valence-corrected chi connectivity index (χ0v) is 11.7. The molecule has 1 fully saturated rings. The molecule has 2 N–H and O–H groups in total. The molecule has 2 aliphatic rings. The van der Waals surface area contributed by atoms with Crippen LogP contribution in [-0.4, -0.2) is 38.5 Å². The lowest BCUT2D eigenvalue weighted by molar-refractivity contribution is -0.126. The van der Waals surface area contributed by atoms with Gasteiger partial charge in [0, 0.05) is 18.7 Å². The predicted molar refractivity (Wildman–Crippen MR) is 74.3 cm³/mol. The van der Waals surface area contributed by atoms with Crippen molar-refractivity contribution in [3.05, 3.63) is 23.8 Å². The number of carbonyl (C=O) groups is 1. The van der Waals surface area contributed by atoms with Crippen LogP contribution in [0.1, 0.15) is 5.56 Å². The summed E-state index contributed by atoms with van der Waals surface area (Å²) in [5, 5.41) is 6.00. The van der Waals surface area contributed by atoms with Gasteiger partial charge in [0.25, 0.3) is 0 Å². The number of hydrogen-bond donors (Lipinski definition) is 2. The molecule has 2 aliphatic heterocycles. The number of para-hydroxylation sites is 1. The molecular weight excluding hydrogens is 284 g/mol. The van der Waals surface area contributed by atoms with Crippen molar-refractivity contribution in [2.75, 3.05) is 26.6 Å². The second-order valence-corrected chi connectivity index (χ2v) is 4.45. The molecule has 0 aromatic heterocycles. The molecular formula is C13H17ClN2O4. The third kappa shape index (κ3) is 3.15. The van der Waals surface area contributed by atoms with E-state index in [1.54, 1.807) is 0 Å². The van der Waals surface area contributed by atoms with Crippen LogP contribution in [0.15, 0.2) is 18.2 Å². The van der Waals surface area contributed by atoms with Gasteiger partial charge in [-0.2, -0.15) is 0 Å². The molecule has 0 saturated carbocycles. The van der Waals surface area contributed by atoms with E-state index < -0.39 is 0 Å². The fourth-order valence-corrected chi connectivity index (χ4v) is 2.17. The van der Waals surface area contributed by atoms with Gasteiger partial charge in [-0.1, -0.05) is 12.1 Å². The fraction of sp³-hybridized carbons (Fsp3) is 0.462. The topological polar surface area (TPSA) is 68.8 Å². The molecule has 3 rings (SSSR count). The van der Waals surface area contributed by atoms with Gasteiger partial charge < -0.3 is 24.8 Å². The average molecular weight is 301 g/mol. The Bertz CT molecular complexity index is 477. The first-order chi connectivity index (χ1) is 9.34. The molecule has 20 heavy (non-hydrogen) atoms. The molecule has 1 unspecified atom stereocenters. The minimum absolute atomic E-state index is 0. The van der Waals surface area contributed by atoms with Crippen molar-refractivity contribution in [1.82, 2.24) is 10.6 Å². The molecule has 0 bridgehead atoms. The lowest BCUT2D eigenvalue weighted by Gasteiger charge is -2.23. The Labute approximate surface area is 123 Å². The summed E-state index contributed by atoms with van der Waals surface area (Å²) in [5.41, 5.74) is 0.917. The Balaban J connectivity index is 0.00000147. The molecule has 110 valence electrons. The van der Waals surface area contributed by atoms with Gasteiger partial charge in [-0.05, 0) is 6.07 Å². The first-order valence-electron chi connectivity index (χ1n) is 6.31. The summed E-state index contributed by atoms with van der Waals surface area (Å²) < 4.78 is 15.9. The number of morpholine rings is 1. The molecule has 1 saturated heterocycles. The zero-order chi connectivity index (χ0) is 13.1. The number of halogens is 1. The van der Waals surface area contributed by atoms with Gasteiger partial charge >= 0.3 is 0 Å². The Morgan fingerprint density at radius 3 is 3.10 bits per heavy atom. The molecule has 1 atom stereocenters. The molecule has 1 amide bonds. The van der Waals surface area contributed by atoms with E-state index in [0.29, 0.717) is 26.3 Å². The van der Waals surface area contributed by atoms with Crippen LogP contribution >= 0.6 is 12.4 Å². The minimum atomic E-state index is -0.275. The molecule has 7 heteroatoms. The number of ether oxygens (including phenoxy) is 3. The van der Waals surface area contributed by atoms with Gasteiger partial charge in [0.2, 0.25) is 12.7 Å². The maximum absolute atomic E-state index is 11.9. The first kappa shape index (κ1) is 14.9. The Morgan fingerprint density at radius 1 is 1.40 bits per heavy atom. The van der Waals surface area contributed by atoms with Crippen LogP contribution in [0.5, 0.6) is 11.5 Å². The van der Waals surface area contributed by atoms with Crippen LogP contribution in [0.4, 0.5) is 0 Å². The van der Waals surface area contributed by atoms with E-state index in [-0.39, 0.29) is 31.1 Å². The maximum Gasteiger partial charge on any atom is 0.239 e. The van der Waals surface area contributed by atoms with Crippen LogP contribution in [0, 0.1) is 0 Å². The monoisotopic (exact) mass is 300 g/mol. The lowest BCUT2D eigenvalue weighted by atomic mass is 10.1. The minimum Gasteiger partial charge on any atom is -0.454 e. The van der Waals surface area contributed by atoms with Crippen molar-refractivity contribution >= 4 is 18.3 Å². The number of rotatable bonds is 3. The Morgan fingerprint density at radius 2 is 2.30 bits per heavy atom. The number of carbonyl (C=O) groups excluding carboxylic acids is 1. The Kier molecular flexibility index (Phi) is 5.05. The molecule has 2 heterocycles. The summed E-state index contributed by atoms with van der Waals surface area (Å²) in [5.74, 6) is 1.39. The van der Waals surface area contributed by atoms with E-state index in [9.17, 15) is 4.79 Å². The van der Waals surface area contributed by atoms with E-state index in [1.807, 2.05) is 18.2 Å². The second-order valence-electron chi connectivity index (χ2n) is 4.45. The van der Waals surface area contributed by atoms with Crippen molar-refractivity contribution in [3.8, 4) is 11.5 Å². The summed E-state index contributed by atoms with van der Waals surface area (Å²) in [6.07, 6.45) is 0. The normalized spacial score (nSPS) is 20.1. The number of fused-ring (bicyclic) bond motifs is 1. The van der Waals surface area contributed by atoms with Gasteiger partial charge in [0.1, 0.15) is 6.04 Å². The van der Waals surface area contributed by atoms with E-state index in [1.165, 1.54) is 0 Å². The maximum atomic E-state index is 11.9. The fourth-order valence-electron chi connectivity index (χ4n) is 2.17. The summed E-state index contributed by atoms with van der Waals surface area (Å²) >= 11 is 0. The van der Waals surface area contributed by atoms with Crippen molar-refractivity contribution < 1.29 is 19.0 Å². The highest BCUT2D eigenvalue weighted by Crippen LogP contribution is 2.35. The van der Waals surface area contributed by atoms with Crippen LogP contribution in [0.2, 0.25) is 0 Å². The van der Waals surface area contributed by atoms with Crippen molar-refractivity contribution in [2.45, 2.75) is 12.6 Å². The summed E-state index contributed by atoms with van der Waals surface area (Å²) in [6.45, 7) is 2.43. The van der Waals surface area contributed by atoms with Crippen molar-refractivity contribution in [3.63, 3.8) is 0 Å². The SMILES string of the molecule is Cl.O=C(NCc1cccc2c1OCO2)C1COCCN1. The summed E-state index contributed by atoms with van der Waals surface area (Å²) in [4.78, 5) is 11.9. The van der Waals surface area contributed by atoms with Gasteiger partial charge in [0.15, 0.2) is 11.5 Å². The van der Waals surface area contributed by atoms with Crippen LogP contribution < -0.4 is 20.1 Å². The van der Waals surface area contributed by atoms with Crippen molar-refractivity contribution in [2.24, 2.45) is 0 Å². The molecule has 0 spiro atoms. The summed E-state index contributed by atoms with van der Waals surface area (Å²) in [6, 6.07) is 5.38. The highest BCUT2D eigenvalue weighted by atomic mass is 35.5. The molecule has 0 radical (unpaired) electrons. The van der Waals surface area contributed by atoms with Gasteiger partial charge in [-0.15, -0.1) is 12.4 Å². The van der Waals surface area contributed by atoms with Gasteiger partial charge in [-0.3, -0.25) is 4.79 Å². The van der Waals surface area contributed by atoms with Crippen LogP contribution in [-0.2, 0) is 16.1 Å². The average Bonchev–Trinajstić information content (AvgIpc) is 2.94. The van der Waals surface area contributed by atoms with E-state index in [2.05, 4.69) is 10.6 Å². The number of benzene rings is 1. The zero-order valence-electron chi connectivity index (χ0n) is 10.9. The van der Waals surface area contributed by atoms with E-state index in [4.69, 9.17) is 14.2 Å². The second kappa shape index (κ2) is 6.78. The Hall–Kier alpha value is -1.50. The molecule has 1 aromatic rings. The quantitative estimate of drug-likeness (QED) is 0.848. The highest BCUT2D eigenvalue weighted by Gasteiger charge is 2.22. The standard InChI is InChI=1S/C13H16N2O4.ClH/c16-13(10-7-17-5-4-14-10)15-6-9-2-1-3-11-12(9)19-8-18-11;/h1-3,10,14H,4-8H2,(H,15,16);1H.